The van der Waals surface area contributed by atoms with Crippen molar-refractivity contribution in [3.63, 3.8) is 0 Å². The smallest absolute Gasteiger partial charge is 0.238 e. The van der Waals surface area contributed by atoms with Crippen LogP contribution in [0.2, 0.25) is 0 Å². The first-order valence-electron chi connectivity index (χ1n) is 6.23. The Morgan fingerprint density at radius 3 is 2.72 bits per heavy atom. The van der Waals surface area contributed by atoms with Crippen LogP contribution in [0.5, 0.6) is 0 Å². The molecule has 0 aromatic heterocycles. The van der Waals surface area contributed by atoms with Gasteiger partial charge in [0.2, 0.25) is 5.91 Å². The van der Waals surface area contributed by atoms with Crippen LogP contribution in [0.25, 0.3) is 0 Å². The second-order valence-corrected chi connectivity index (χ2v) is 4.75. The molecule has 1 aromatic rings. The minimum Gasteiger partial charge on any atom is -0.396 e. The van der Waals surface area contributed by atoms with Gasteiger partial charge in [-0.3, -0.25) is 4.79 Å². The second kappa shape index (κ2) is 7.13. The molecular formula is C14H22N2O2. The second-order valence-electron chi connectivity index (χ2n) is 4.75. The molecule has 0 heterocycles. The number of amides is 1. The van der Waals surface area contributed by atoms with Crippen LogP contribution in [0.3, 0.4) is 0 Å². The molecule has 0 aliphatic rings. The van der Waals surface area contributed by atoms with E-state index in [1.807, 2.05) is 45.0 Å². The molecule has 1 amide bonds. The Hall–Kier alpha value is -1.39. The number of aliphatic hydroxyl groups excluding tert-OH is 1. The fourth-order valence-electron chi connectivity index (χ4n) is 1.54. The van der Waals surface area contributed by atoms with Crippen molar-refractivity contribution < 1.29 is 9.90 Å². The minimum atomic E-state index is -0.0717. The number of anilines is 1. The number of nitrogens with one attached hydrogen (secondary N) is 2. The molecular weight excluding hydrogens is 228 g/mol. The monoisotopic (exact) mass is 250 g/mol. The third kappa shape index (κ3) is 4.85. The number of rotatable bonds is 6. The Bertz CT molecular complexity index is 393. The van der Waals surface area contributed by atoms with Crippen molar-refractivity contribution >= 4 is 11.6 Å². The zero-order valence-electron chi connectivity index (χ0n) is 11.2. The first-order valence-corrected chi connectivity index (χ1v) is 6.23. The van der Waals surface area contributed by atoms with Gasteiger partial charge >= 0.3 is 0 Å². The van der Waals surface area contributed by atoms with E-state index >= 15 is 0 Å². The molecule has 1 rings (SSSR count). The van der Waals surface area contributed by atoms with Gasteiger partial charge in [0.1, 0.15) is 0 Å². The Labute approximate surface area is 108 Å². The van der Waals surface area contributed by atoms with Crippen LogP contribution in [0, 0.1) is 12.8 Å². The molecule has 0 spiro atoms. The van der Waals surface area contributed by atoms with Gasteiger partial charge in [-0.25, -0.2) is 0 Å². The lowest BCUT2D eigenvalue weighted by molar-refractivity contribution is -0.115. The Balaban J connectivity index is 2.38. The predicted molar refractivity (Wildman–Crippen MR) is 73.5 cm³/mol. The van der Waals surface area contributed by atoms with Gasteiger partial charge in [0.15, 0.2) is 0 Å². The van der Waals surface area contributed by atoms with Gasteiger partial charge in [-0.15, -0.1) is 0 Å². The Morgan fingerprint density at radius 2 is 2.11 bits per heavy atom. The Morgan fingerprint density at radius 1 is 1.39 bits per heavy atom. The van der Waals surface area contributed by atoms with Crippen LogP contribution in [-0.4, -0.2) is 30.2 Å². The molecule has 3 N–H and O–H groups in total. The highest BCUT2D eigenvalue weighted by Gasteiger charge is 2.11. The van der Waals surface area contributed by atoms with E-state index in [1.54, 1.807) is 0 Å². The van der Waals surface area contributed by atoms with Crippen molar-refractivity contribution in [3.05, 3.63) is 29.8 Å². The average molecular weight is 250 g/mol. The van der Waals surface area contributed by atoms with Crippen LogP contribution in [0.4, 0.5) is 5.69 Å². The highest BCUT2D eigenvalue weighted by Crippen LogP contribution is 2.09. The van der Waals surface area contributed by atoms with Gasteiger partial charge in [-0.05, 0) is 37.5 Å². The van der Waals surface area contributed by atoms with Crippen molar-refractivity contribution in [2.24, 2.45) is 5.92 Å². The summed E-state index contributed by atoms with van der Waals surface area (Å²) in [4.78, 5) is 11.7. The standard InChI is InChI=1S/C14H22N2O2/c1-10-5-4-6-13(7-10)16-14(18)8-15-12(3)11(2)9-17/h4-7,11-12,15,17H,8-9H2,1-3H3,(H,16,18). The lowest BCUT2D eigenvalue weighted by atomic mass is 10.1. The highest BCUT2D eigenvalue weighted by atomic mass is 16.3. The summed E-state index contributed by atoms with van der Waals surface area (Å²) in [6.07, 6.45) is 0. The summed E-state index contributed by atoms with van der Waals surface area (Å²) in [7, 11) is 0. The van der Waals surface area contributed by atoms with Crippen LogP contribution in [0.15, 0.2) is 24.3 Å². The summed E-state index contributed by atoms with van der Waals surface area (Å²) in [6, 6.07) is 7.80. The molecule has 0 radical (unpaired) electrons. The molecule has 0 saturated heterocycles. The van der Waals surface area contributed by atoms with E-state index in [2.05, 4.69) is 10.6 Å². The van der Waals surface area contributed by atoms with Gasteiger partial charge < -0.3 is 15.7 Å². The van der Waals surface area contributed by atoms with Crippen molar-refractivity contribution in [3.8, 4) is 0 Å². The van der Waals surface area contributed by atoms with Crippen LogP contribution < -0.4 is 10.6 Å². The maximum atomic E-state index is 11.7. The lowest BCUT2D eigenvalue weighted by Gasteiger charge is -2.18. The van der Waals surface area contributed by atoms with Crippen LogP contribution in [-0.2, 0) is 4.79 Å². The molecule has 4 heteroatoms. The third-order valence-electron chi connectivity index (χ3n) is 3.03. The van der Waals surface area contributed by atoms with E-state index in [0.29, 0.717) is 0 Å². The summed E-state index contributed by atoms with van der Waals surface area (Å²) in [5.41, 5.74) is 1.92. The van der Waals surface area contributed by atoms with Crippen LogP contribution >= 0.6 is 0 Å². The number of aryl methyl sites for hydroxylation is 1. The van der Waals surface area contributed by atoms with Crippen molar-refractivity contribution in [2.45, 2.75) is 26.8 Å². The van der Waals surface area contributed by atoms with E-state index in [9.17, 15) is 4.79 Å². The van der Waals surface area contributed by atoms with Gasteiger partial charge in [0.05, 0.1) is 6.54 Å². The van der Waals surface area contributed by atoms with Crippen molar-refractivity contribution in [1.29, 1.82) is 0 Å². The molecule has 0 bridgehead atoms. The van der Waals surface area contributed by atoms with E-state index in [-0.39, 0.29) is 31.0 Å². The third-order valence-corrected chi connectivity index (χ3v) is 3.03. The zero-order valence-corrected chi connectivity index (χ0v) is 11.2. The first kappa shape index (κ1) is 14.7. The molecule has 2 unspecified atom stereocenters. The molecule has 100 valence electrons. The molecule has 1 aromatic carbocycles. The maximum absolute atomic E-state index is 11.7. The Kier molecular flexibility index (Phi) is 5.82. The molecule has 2 atom stereocenters. The SMILES string of the molecule is Cc1cccc(NC(=O)CNC(C)C(C)CO)c1. The van der Waals surface area contributed by atoms with Gasteiger partial charge in [0, 0.05) is 18.3 Å². The molecule has 18 heavy (non-hydrogen) atoms. The maximum Gasteiger partial charge on any atom is 0.238 e. The molecule has 0 aliphatic heterocycles. The first-order chi connectivity index (χ1) is 8.52. The molecule has 0 aliphatic carbocycles. The van der Waals surface area contributed by atoms with Gasteiger partial charge in [0.25, 0.3) is 0 Å². The topological polar surface area (TPSA) is 61.4 Å². The molecule has 0 fully saturated rings. The normalized spacial score (nSPS) is 14.0. The highest BCUT2D eigenvalue weighted by molar-refractivity contribution is 5.92. The molecule has 4 nitrogen and oxygen atoms in total. The number of carbonyl (C=O) groups is 1. The van der Waals surface area contributed by atoms with Gasteiger partial charge in [-0.2, -0.15) is 0 Å². The quantitative estimate of drug-likeness (QED) is 0.717. The fourth-order valence-corrected chi connectivity index (χ4v) is 1.54. The number of hydrogen-bond donors (Lipinski definition) is 3. The summed E-state index contributed by atoms with van der Waals surface area (Å²) in [5, 5.41) is 14.9. The van der Waals surface area contributed by atoms with Gasteiger partial charge in [-0.1, -0.05) is 19.1 Å². The van der Waals surface area contributed by atoms with E-state index in [4.69, 9.17) is 5.11 Å². The largest absolute Gasteiger partial charge is 0.396 e. The summed E-state index contributed by atoms with van der Waals surface area (Å²) in [6.45, 7) is 6.25. The minimum absolute atomic E-state index is 0.0717. The molecule has 0 saturated carbocycles. The number of hydrogen-bond acceptors (Lipinski definition) is 3. The lowest BCUT2D eigenvalue weighted by Crippen LogP contribution is -2.39. The summed E-state index contributed by atoms with van der Waals surface area (Å²) in [5.74, 6) is 0.0642. The number of benzene rings is 1. The fraction of sp³-hybridized carbons (Fsp3) is 0.500. The van der Waals surface area contributed by atoms with E-state index < -0.39 is 0 Å². The predicted octanol–water partition coefficient (Wildman–Crippen LogP) is 1.54. The van der Waals surface area contributed by atoms with Crippen molar-refractivity contribution in [1.82, 2.24) is 5.32 Å². The number of carbonyl (C=O) groups excluding carboxylic acids is 1. The summed E-state index contributed by atoms with van der Waals surface area (Å²) >= 11 is 0. The zero-order chi connectivity index (χ0) is 13.5. The van der Waals surface area contributed by atoms with Crippen molar-refractivity contribution in [2.75, 3.05) is 18.5 Å². The average Bonchev–Trinajstić information content (AvgIpc) is 2.35. The van der Waals surface area contributed by atoms with E-state index in [0.717, 1.165) is 11.3 Å². The number of aliphatic hydroxyl groups is 1. The van der Waals surface area contributed by atoms with Crippen LogP contribution in [0.1, 0.15) is 19.4 Å². The summed E-state index contributed by atoms with van der Waals surface area (Å²) < 4.78 is 0. The van der Waals surface area contributed by atoms with E-state index in [1.165, 1.54) is 0 Å².